The molecular formula is C16H23FN2O. The number of carbonyl (C=O) groups excluding carboxylic acids is 1. The lowest BCUT2D eigenvalue weighted by Crippen LogP contribution is -2.36. The van der Waals surface area contributed by atoms with E-state index in [1.807, 2.05) is 0 Å². The molecule has 0 aromatic heterocycles. The lowest BCUT2D eigenvalue weighted by atomic mass is 9.71. The zero-order valence-electron chi connectivity index (χ0n) is 12.0. The fourth-order valence-electron chi connectivity index (χ4n) is 3.03. The van der Waals surface area contributed by atoms with E-state index in [0.717, 1.165) is 25.7 Å². The summed E-state index contributed by atoms with van der Waals surface area (Å²) in [5, 5.41) is 2.82. The SMILES string of the molecule is Cc1c(F)cccc1NC(=O)CC1(CN)CCCCC1. The fraction of sp³-hybridized carbons (Fsp3) is 0.562. The average Bonchev–Trinajstić information content (AvgIpc) is 2.45. The van der Waals surface area contributed by atoms with Gasteiger partial charge in [0.1, 0.15) is 5.82 Å². The third-order valence-electron chi connectivity index (χ3n) is 4.42. The molecule has 110 valence electrons. The zero-order chi connectivity index (χ0) is 14.6. The van der Waals surface area contributed by atoms with E-state index in [2.05, 4.69) is 5.32 Å². The van der Waals surface area contributed by atoms with E-state index >= 15 is 0 Å². The first kappa shape index (κ1) is 15.0. The van der Waals surface area contributed by atoms with Gasteiger partial charge in [-0.1, -0.05) is 25.3 Å². The van der Waals surface area contributed by atoms with Crippen molar-refractivity contribution in [1.29, 1.82) is 0 Å². The van der Waals surface area contributed by atoms with E-state index in [0.29, 0.717) is 24.2 Å². The Kier molecular flexibility index (Phi) is 4.76. The molecule has 0 saturated heterocycles. The van der Waals surface area contributed by atoms with Crippen LogP contribution in [0.15, 0.2) is 18.2 Å². The number of nitrogens with one attached hydrogen (secondary N) is 1. The van der Waals surface area contributed by atoms with E-state index in [-0.39, 0.29) is 17.1 Å². The highest BCUT2D eigenvalue weighted by atomic mass is 19.1. The van der Waals surface area contributed by atoms with Crippen molar-refractivity contribution in [2.45, 2.75) is 45.4 Å². The Hall–Kier alpha value is -1.42. The van der Waals surface area contributed by atoms with Crippen LogP contribution in [0, 0.1) is 18.2 Å². The van der Waals surface area contributed by atoms with E-state index in [1.54, 1.807) is 19.1 Å². The third-order valence-corrected chi connectivity index (χ3v) is 4.42. The van der Waals surface area contributed by atoms with Crippen LogP contribution in [0.4, 0.5) is 10.1 Å². The normalized spacial score (nSPS) is 17.8. The molecule has 3 N–H and O–H groups in total. The van der Waals surface area contributed by atoms with Gasteiger partial charge < -0.3 is 11.1 Å². The summed E-state index contributed by atoms with van der Waals surface area (Å²) in [4.78, 5) is 12.2. The second-order valence-electron chi connectivity index (χ2n) is 5.90. The Morgan fingerprint density at radius 3 is 2.70 bits per heavy atom. The molecule has 4 heteroatoms. The molecular weight excluding hydrogens is 255 g/mol. The standard InChI is InChI=1S/C16H23FN2O/c1-12-13(17)6-5-7-14(12)19-15(20)10-16(11-18)8-3-2-4-9-16/h5-7H,2-4,8-11,18H2,1H3,(H,19,20). The largest absolute Gasteiger partial charge is 0.330 e. The lowest BCUT2D eigenvalue weighted by molar-refractivity contribution is -0.118. The van der Waals surface area contributed by atoms with Gasteiger partial charge in [-0.05, 0) is 43.9 Å². The van der Waals surface area contributed by atoms with Crippen LogP contribution >= 0.6 is 0 Å². The molecule has 1 aromatic rings. The zero-order valence-corrected chi connectivity index (χ0v) is 12.0. The molecule has 1 amide bonds. The number of nitrogens with two attached hydrogens (primary N) is 1. The molecule has 1 aromatic carbocycles. The molecule has 0 spiro atoms. The van der Waals surface area contributed by atoms with Gasteiger partial charge in [-0.3, -0.25) is 4.79 Å². The number of amides is 1. The molecule has 1 saturated carbocycles. The van der Waals surface area contributed by atoms with E-state index in [1.165, 1.54) is 12.5 Å². The minimum atomic E-state index is -0.297. The summed E-state index contributed by atoms with van der Waals surface area (Å²) >= 11 is 0. The van der Waals surface area contributed by atoms with E-state index in [4.69, 9.17) is 5.73 Å². The minimum Gasteiger partial charge on any atom is -0.330 e. The topological polar surface area (TPSA) is 55.1 Å². The number of carbonyl (C=O) groups is 1. The van der Waals surface area contributed by atoms with Crippen molar-refractivity contribution in [3.05, 3.63) is 29.6 Å². The quantitative estimate of drug-likeness (QED) is 0.887. The number of rotatable bonds is 4. The number of benzene rings is 1. The van der Waals surface area contributed by atoms with E-state index < -0.39 is 0 Å². The molecule has 20 heavy (non-hydrogen) atoms. The average molecular weight is 278 g/mol. The minimum absolute atomic E-state index is 0.0638. The molecule has 0 atom stereocenters. The van der Waals surface area contributed by atoms with Gasteiger partial charge in [-0.2, -0.15) is 0 Å². The van der Waals surface area contributed by atoms with Gasteiger partial charge in [0.2, 0.25) is 5.91 Å². The summed E-state index contributed by atoms with van der Waals surface area (Å²) in [6.07, 6.45) is 5.97. The first-order chi connectivity index (χ1) is 9.56. The van der Waals surface area contributed by atoms with Crippen LogP contribution < -0.4 is 11.1 Å². The molecule has 2 rings (SSSR count). The number of halogens is 1. The Bertz CT molecular complexity index is 481. The van der Waals surface area contributed by atoms with Gasteiger partial charge in [-0.15, -0.1) is 0 Å². The first-order valence-electron chi connectivity index (χ1n) is 7.31. The van der Waals surface area contributed by atoms with Crippen LogP contribution in [0.25, 0.3) is 0 Å². The van der Waals surface area contributed by atoms with Crippen LogP contribution in [0.2, 0.25) is 0 Å². The first-order valence-corrected chi connectivity index (χ1v) is 7.31. The van der Waals surface area contributed by atoms with Crippen molar-refractivity contribution in [2.75, 3.05) is 11.9 Å². The molecule has 0 unspecified atom stereocenters. The highest BCUT2D eigenvalue weighted by Crippen LogP contribution is 2.38. The van der Waals surface area contributed by atoms with Crippen molar-refractivity contribution < 1.29 is 9.18 Å². The predicted octanol–water partition coefficient (Wildman–Crippen LogP) is 3.37. The Labute approximate surface area is 119 Å². The highest BCUT2D eigenvalue weighted by Gasteiger charge is 2.33. The summed E-state index contributed by atoms with van der Waals surface area (Å²) < 4.78 is 13.5. The maximum absolute atomic E-state index is 13.5. The third kappa shape index (κ3) is 3.37. The molecule has 1 fully saturated rings. The summed E-state index contributed by atoms with van der Waals surface area (Å²) in [5.74, 6) is -0.361. The fourth-order valence-corrected chi connectivity index (χ4v) is 3.03. The van der Waals surface area contributed by atoms with Crippen LogP contribution in [0.5, 0.6) is 0 Å². The molecule has 0 heterocycles. The molecule has 3 nitrogen and oxygen atoms in total. The Morgan fingerprint density at radius 2 is 2.05 bits per heavy atom. The second-order valence-corrected chi connectivity index (χ2v) is 5.90. The van der Waals surface area contributed by atoms with Crippen molar-refractivity contribution in [3.63, 3.8) is 0 Å². The molecule has 0 bridgehead atoms. The van der Waals surface area contributed by atoms with Crippen molar-refractivity contribution in [3.8, 4) is 0 Å². The predicted molar refractivity (Wildman–Crippen MR) is 79.0 cm³/mol. The number of anilines is 1. The summed E-state index contributed by atoms with van der Waals surface area (Å²) in [6.45, 7) is 2.22. The maximum Gasteiger partial charge on any atom is 0.224 e. The Morgan fingerprint density at radius 1 is 1.35 bits per heavy atom. The van der Waals surface area contributed by atoms with Crippen LogP contribution in [0.1, 0.15) is 44.1 Å². The summed E-state index contributed by atoms with van der Waals surface area (Å²) in [5.41, 5.74) is 6.86. The van der Waals surface area contributed by atoms with Gasteiger partial charge in [0.15, 0.2) is 0 Å². The lowest BCUT2D eigenvalue weighted by Gasteiger charge is -2.35. The van der Waals surface area contributed by atoms with Gasteiger partial charge in [0.25, 0.3) is 0 Å². The van der Waals surface area contributed by atoms with Gasteiger partial charge in [0, 0.05) is 17.7 Å². The maximum atomic E-state index is 13.5. The van der Waals surface area contributed by atoms with E-state index in [9.17, 15) is 9.18 Å². The van der Waals surface area contributed by atoms with Crippen LogP contribution in [-0.4, -0.2) is 12.5 Å². The molecule has 0 aliphatic heterocycles. The molecule has 1 aliphatic carbocycles. The van der Waals surface area contributed by atoms with Crippen molar-refractivity contribution in [1.82, 2.24) is 0 Å². The molecule has 1 aliphatic rings. The molecule has 0 radical (unpaired) electrons. The highest BCUT2D eigenvalue weighted by molar-refractivity contribution is 5.91. The summed E-state index contributed by atoms with van der Waals surface area (Å²) in [7, 11) is 0. The van der Waals surface area contributed by atoms with Gasteiger partial charge in [-0.25, -0.2) is 4.39 Å². The number of hydrogen-bond acceptors (Lipinski definition) is 2. The Balaban J connectivity index is 2.03. The van der Waals surface area contributed by atoms with Crippen molar-refractivity contribution in [2.24, 2.45) is 11.1 Å². The van der Waals surface area contributed by atoms with Crippen LogP contribution in [-0.2, 0) is 4.79 Å². The smallest absolute Gasteiger partial charge is 0.224 e. The second kappa shape index (κ2) is 6.35. The summed E-state index contributed by atoms with van der Waals surface area (Å²) in [6, 6.07) is 4.73. The number of hydrogen-bond donors (Lipinski definition) is 2. The van der Waals surface area contributed by atoms with Gasteiger partial charge >= 0.3 is 0 Å². The van der Waals surface area contributed by atoms with Crippen molar-refractivity contribution >= 4 is 11.6 Å². The monoisotopic (exact) mass is 278 g/mol. The van der Waals surface area contributed by atoms with Gasteiger partial charge in [0.05, 0.1) is 0 Å². The van der Waals surface area contributed by atoms with Crippen LogP contribution in [0.3, 0.4) is 0 Å².